The number of benzene rings is 2. The van der Waals surface area contributed by atoms with Crippen LogP contribution in [0.1, 0.15) is 6.92 Å². The lowest BCUT2D eigenvalue weighted by molar-refractivity contribution is -0.114. The molecule has 0 atom stereocenters. The number of nitrogens with two attached hydrogens (primary N) is 1. The van der Waals surface area contributed by atoms with Crippen LogP contribution >= 0.6 is 15.9 Å². The maximum absolute atomic E-state index is 12.3. The van der Waals surface area contributed by atoms with Gasteiger partial charge in [0, 0.05) is 33.6 Å². The zero-order chi connectivity index (χ0) is 23.3. The third kappa shape index (κ3) is 6.10. The monoisotopic (exact) mass is 514 g/mol. The summed E-state index contributed by atoms with van der Waals surface area (Å²) in [5, 5.41) is 10.6. The molecule has 0 unspecified atom stereocenters. The second-order valence-electron chi connectivity index (χ2n) is 6.75. The highest BCUT2D eigenvalue weighted by Crippen LogP contribution is 2.27. The van der Waals surface area contributed by atoms with Gasteiger partial charge < -0.3 is 10.6 Å². The number of carbonyl (C=O) groups is 2. The third-order valence-electron chi connectivity index (χ3n) is 4.33. The van der Waals surface area contributed by atoms with Gasteiger partial charge in [0.05, 0.1) is 4.90 Å². The Morgan fingerprint density at radius 1 is 1.00 bits per heavy atom. The number of amides is 2. The molecule has 0 bridgehead atoms. The molecule has 1 heterocycles. The van der Waals surface area contributed by atoms with Gasteiger partial charge in [-0.05, 0) is 58.7 Å². The molecule has 164 valence electrons. The second-order valence-corrected chi connectivity index (χ2v) is 9.20. The lowest BCUT2D eigenvalue weighted by Gasteiger charge is -2.09. The van der Waals surface area contributed by atoms with Crippen LogP contribution in [0.5, 0.6) is 0 Å². The number of rotatable bonds is 6. The Bertz CT molecular complexity index is 1290. The minimum Gasteiger partial charge on any atom is -0.323 e. The van der Waals surface area contributed by atoms with Gasteiger partial charge in [-0.25, -0.2) is 18.5 Å². The first-order valence-electron chi connectivity index (χ1n) is 9.28. The Morgan fingerprint density at radius 3 is 2.31 bits per heavy atom. The number of hydrogen-bond donors (Lipinski definition) is 3. The molecule has 32 heavy (non-hydrogen) atoms. The van der Waals surface area contributed by atoms with E-state index in [1.807, 2.05) is 0 Å². The SMILES string of the molecule is C/C(=C/C(=O)Nc1ccc(-c2ccccc2S(N)(=O)=O)cc1)C(=O)Nc1ccc(Br)cn1. The summed E-state index contributed by atoms with van der Waals surface area (Å²) in [5.74, 6) is -0.578. The molecule has 8 nitrogen and oxygen atoms in total. The van der Waals surface area contributed by atoms with Crippen molar-refractivity contribution in [1.29, 1.82) is 0 Å². The quantitative estimate of drug-likeness (QED) is 0.431. The summed E-state index contributed by atoms with van der Waals surface area (Å²) >= 11 is 3.26. The number of aromatic nitrogens is 1. The Balaban J connectivity index is 1.68. The van der Waals surface area contributed by atoms with Crippen LogP contribution in [0.15, 0.2) is 87.9 Å². The predicted molar refractivity (Wildman–Crippen MR) is 126 cm³/mol. The smallest absolute Gasteiger partial charge is 0.252 e. The summed E-state index contributed by atoms with van der Waals surface area (Å²) in [6, 6.07) is 16.3. The Morgan fingerprint density at radius 2 is 1.69 bits per heavy atom. The second kappa shape index (κ2) is 9.86. The van der Waals surface area contributed by atoms with Crippen LogP contribution in [-0.2, 0) is 19.6 Å². The molecule has 0 aliphatic rings. The van der Waals surface area contributed by atoms with Crippen molar-refractivity contribution in [3.05, 3.63) is 83.0 Å². The van der Waals surface area contributed by atoms with E-state index in [0.29, 0.717) is 22.6 Å². The number of sulfonamides is 1. The van der Waals surface area contributed by atoms with Gasteiger partial charge in [0.2, 0.25) is 15.9 Å². The molecule has 0 aliphatic heterocycles. The standard InChI is InChI=1S/C22H19BrN4O4S/c1-14(22(29)27-20-11-8-16(23)13-25-20)12-21(28)26-17-9-6-15(7-10-17)18-4-2-3-5-19(18)32(24,30)31/h2-13H,1H3,(H,26,28)(H2,24,30,31)(H,25,27,29)/b14-12-. The maximum atomic E-state index is 12.3. The minimum atomic E-state index is -3.88. The first-order chi connectivity index (χ1) is 15.1. The van der Waals surface area contributed by atoms with E-state index in [1.165, 1.54) is 19.1 Å². The fraction of sp³-hybridized carbons (Fsp3) is 0.0455. The highest BCUT2D eigenvalue weighted by molar-refractivity contribution is 9.10. The van der Waals surface area contributed by atoms with Crippen molar-refractivity contribution in [1.82, 2.24) is 4.98 Å². The number of carbonyl (C=O) groups excluding carboxylic acids is 2. The van der Waals surface area contributed by atoms with Crippen LogP contribution in [0, 0.1) is 0 Å². The summed E-state index contributed by atoms with van der Waals surface area (Å²) < 4.78 is 24.4. The number of primary sulfonamides is 1. The molecule has 2 aromatic carbocycles. The number of pyridine rings is 1. The molecule has 3 aromatic rings. The van der Waals surface area contributed by atoms with Gasteiger partial charge in [0.1, 0.15) is 5.82 Å². The van der Waals surface area contributed by atoms with Crippen LogP contribution in [-0.4, -0.2) is 25.2 Å². The molecule has 0 saturated carbocycles. The van der Waals surface area contributed by atoms with Crippen LogP contribution in [0.25, 0.3) is 11.1 Å². The molecular formula is C22H19BrN4O4S. The lowest BCUT2D eigenvalue weighted by atomic mass is 10.1. The molecule has 4 N–H and O–H groups in total. The molecule has 0 saturated heterocycles. The summed E-state index contributed by atoms with van der Waals surface area (Å²) in [7, 11) is -3.88. The normalized spacial score (nSPS) is 11.7. The van der Waals surface area contributed by atoms with Crippen LogP contribution < -0.4 is 15.8 Å². The molecule has 3 rings (SSSR count). The van der Waals surface area contributed by atoms with Crippen molar-refractivity contribution in [3.63, 3.8) is 0 Å². The van der Waals surface area contributed by atoms with Gasteiger partial charge in [-0.2, -0.15) is 0 Å². The number of anilines is 2. The average molecular weight is 515 g/mol. The summed E-state index contributed by atoms with van der Waals surface area (Å²) in [4.78, 5) is 28.6. The predicted octanol–water partition coefficient (Wildman–Crippen LogP) is 3.68. The van der Waals surface area contributed by atoms with E-state index in [9.17, 15) is 18.0 Å². The number of hydrogen-bond acceptors (Lipinski definition) is 5. The van der Waals surface area contributed by atoms with Gasteiger partial charge in [0.25, 0.3) is 5.91 Å². The maximum Gasteiger partial charge on any atom is 0.252 e. The Kier molecular flexibility index (Phi) is 7.18. The molecule has 0 spiro atoms. The van der Waals surface area contributed by atoms with Crippen LogP contribution in [0.4, 0.5) is 11.5 Å². The molecule has 10 heteroatoms. The molecule has 0 aliphatic carbocycles. The van der Waals surface area contributed by atoms with E-state index in [1.54, 1.807) is 60.8 Å². The zero-order valence-corrected chi connectivity index (χ0v) is 19.3. The highest BCUT2D eigenvalue weighted by atomic mass is 79.9. The topological polar surface area (TPSA) is 131 Å². The van der Waals surface area contributed by atoms with Crippen molar-refractivity contribution < 1.29 is 18.0 Å². The van der Waals surface area contributed by atoms with Gasteiger partial charge in [-0.3, -0.25) is 9.59 Å². The van der Waals surface area contributed by atoms with E-state index >= 15 is 0 Å². The van der Waals surface area contributed by atoms with Gasteiger partial charge in [-0.15, -0.1) is 0 Å². The first kappa shape index (κ1) is 23.3. The highest BCUT2D eigenvalue weighted by Gasteiger charge is 2.14. The van der Waals surface area contributed by atoms with E-state index in [0.717, 1.165) is 4.47 Å². The molecule has 0 fully saturated rings. The third-order valence-corrected chi connectivity index (χ3v) is 5.77. The number of halogens is 1. The van der Waals surface area contributed by atoms with Gasteiger partial charge in [-0.1, -0.05) is 30.3 Å². The van der Waals surface area contributed by atoms with Gasteiger partial charge in [0.15, 0.2) is 0 Å². The van der Waals surface area contributed by atoms with E-state index in [2.05, 4.69) is 31.5 Å². The largest absolute Gasteiger partial charge is 0.323 e. The Labute approximate surface area is 193 Å². The number of nitrogens with zero attached hydrogens (tertiary/aromatic N) is 1. The summed E-state index contributed by atoms with van der Waals surface area (Å²) in [6.07, 6.45) is 2.73. The fourth-order valence-corrected chi connectivity index (χ4v) is 3.79. The molecule has 1 aromatic heterocycles. The molecule has 0 radical (unpaired) electrons. The van der Waals surface area contributed by atoms with Crippen molar-refractivity contribution in [2.45, 2.75) is 11.8 Å². The molecular weight excluding hydrogens is 496 g/mol. The van der Waals surface area contributed by atoms with E-state index < -0.39 is 21.8 Å². The average Bonchev–Trinajstić information content (AvgIpc) is 2.75. The van der Waals surface area contributed by atoms with Crippen molar-refractivity contribution in [2.75, 3.05) is 10.6 Å². The van der Waals surface area contributed by atoms with Crippen LogP contribution in [0.2, 0.25) is 0 Å². The minimum absolute atomic E-state index is 0.0154. The summed E-state index contributed by atoms with van der Waals surface area (Å²) in [6.45, 7) is 1.51. The number of nitrogens with one attached hydrogen (secondary N) is 2. The van der Waals surface area contributed by atoms with Crippen molar-refractivity contribution in [2.24, 2.45) is 5.14 Å². The van der Waals surface area contributed by atoms with E-state index in [-0.39, 0.29) is 10.5 Å². The Hall–Kier alpha value is -3.34. The van der Waals surface area contributed by atoms with Crippen LogP contribution in [0.3, 0.4) is 0 Å². The van der Waals surface area contributed by atoms with Gasteiger partial charge >= 0.3 is 0 Å². The van der Waals surface area contributed by atoms with E-state index in [4.69, 9.17) is 5.14 Å². The van der Waals surface area contributed by atoms with Crippen molar-refractivity contribution in [3.8, 4) is 11.1 Å². The lowest BCUT2D eigenvalue weighted by Crippen LogP contribution is -2.16. The first-order valence-corrected chi connectivity index (χ1v) is 11.6. The summed E-state index contributed by atoms with van der Waals surface area (Å²) in [5.41, 5.74) is 1.76. The fourth-order valence-electron chi connectivity index (χ4n) is 2.79. The van der Waals surface area contributed by atoms with Crippen molar-refractivity contribution >= 4 is 49.3 Å². The molecule has 2 amide bonds. The zero-order valence-electron chi connectivity index (χ0n) is 16.9.